The predicted octanol–water partition coefficient (Wildman–Crippen LogP) is 6.03. The zero-order valence-corrected chi connectivity index (χ0v) is 18.5. The van der Waals surface area contributed by atoms with Crippen molar-refractivity contribution in [1.82, 2.24) is 5.32 Å². The summed E-state index contributed by atoms with van der Waals surface area (Å²) in [6.07, 6.45) is 8.88. The van der Waals surface area contributed by atoms with Gasteiger partial charge in [0.15, 0.2) is 11.5 Å². The van der Waals surface area contributed by atoms with E-state index < -0.39 is 0 Å². The molecule has 29 heavy (non-hydrogen) atoms. The van der Waals surface area contributed by atoms with E-state index in [4.69, 9.17) is 9.47 Å². The minimum absolute atomic E-state index is 0.544. The quantitative estimate of drug-likeness (QED) is 0.575. The van der Waals surface area contributed by atoms with E-state index >= 15 is 0 Å². The number of hydrogen-bond donors (Lipinski definition) is 1. The van der Waals surface area contributed by atoms with Gasteiger partial charge in [-0.05, 0) is 97.8 Å². The van der Waals surface area contributed by atoms with Crippen LogP contribution < -0.4 is 14.8 Å². The Hall–Kier alpha value is -1.52. The first-order valence-corrected chi connectivity index (χ1v) is 12.1. The first-order valence-electron chi connectivity index (χ1n) is 11.2. The maximum Gasteiger partial charge on any atom is 0.161 e. The molecular weight excluding hydrogens is 378 g/mol. The SMILES string of the molecule is COc1cc(CNC(C)C23CC4CC(CC(C4)C2)C3)ccc1OCc1cccs1. The molecule has 0 aliphatic heterocycles. The van der Waals surface area contributed by atoms with Gasteiger partial charge in [0.05, 0.1) is 7.11 Å². The molecule has 1 aromatic carbocycles. The number of benzene rings is 1. The Bertz CT molecular complexity index is 796. The van der Waals surface area contributed by atoms with Crippen LogP contribution in [-0.4, -0.2) is 13.2 Å². The molecule has 4 aliphatic rings. The highest BCUT2D eigenvalue weighted by Gasteiger charge is 2.52. The van der Waals surface area contributed by atoms with E-state index in [9.17, 15) is 0 Å². The summed E-state index contributed by atoms with van der Waals surface area (Å²) < 4.78 is 11.6. The Morgan fingerprint density at radius 1 is 1.07 bits per heavy atom. The van der Waals surface area contributed by atoms with Gasteiger partial charge in [-0.25, -0.2) is 0 Å². The van der Waals surface area contributed by atoms with Crippen molar-refractivity contribution >= 4 is 11.3 Å². The molecule has 4 fully saturated rings. The van der Waals surface area contributed by atoms with Crippen LogP contribution in [-0.2, 0) is 13.2 Å². The van der Waals surface area contributed by atoms with Crippen molar-refractivity contribution in [2.75, 3.05) is 7.11 Å². The second-order valence-electron chi connectivity index (χ2n) is 9.74. The van der Waals surface area contributed by atoms with Gasteiger partial charge in [0, 0.05) is 17.5 Å². The Morgan fingerprint density at radius 3 is 2.41 bits per heavy atom. The van der Waals surface area contributed by atoms with Crippen molar-refractivity contribution in [3.05, 3.63) is 46.2 Å². The van der Waals surface area contributed by atoms with E-state index in [0.717, 1.165) is 35.8 Å². The van der Waals surface area contributed by atoms with Crippen LogP contribution in [0.2, 0.25) is 0 Å². The Balaban J connectivity index is 1.21. The van der Waals surface area contributed by atoms with Crippen molar-refractivity contribution in [3.63, 3.8) is 0 Å². The standard InChI is InChI=1S/C25H33NO2S/c1-17(25-12-19-8-20(13-25)10-21(9-19)14-25)26-15-18-5-6-23(24(11-18)27-2)28-16-22-4-3-7-29-22/h3-7,11,17,19-21,26H,8-10,12-16H2,1-2H3. The predicted molar refractivity (Wildman–Crippen MR) is 119 cm³/mol. The van der Waals surface area contributed by atoms with E-state index in [1.165, 1.54) is 49.0 Å². The molecule has 6 rings (SSSR count). The van der Waals surface area contributed by atoms with E-state index in [2.05, 4.69) is 48.0 Å². The van der Waals surface area contributed by atoms with Crippen LogP contribution in [0.1, 0.15) is 55.9 Å². The number of rotatable bonds is 8. The topological polar surface area (TPSA) is 30.5 Å². The highest BCUT2D eigenvalue weighted by molar-refractivity contribution is 7.09. The minimum atomic E-state index is 0.544. The number of ether oxygens (including phenoxy) is 2. The van der Waals surface area contributed by atoms with Crippen LogP contribution in [0.3, 0.4) is 0 Å². The van der Waals surface area contributed by atoms with Crippen LogP contribution in [0.25, 0.3) is 0 Å². The monoisotopic (exact) mass is 411 g/mol. The second-order valence-corrected chi connectivity index (χ2v) is 10.8. The lowest BCUT2D eigenvalue weighted by atomic mass is 9.48. The minimum Gasteiger partial charge on any atom is -0.493 e. The molecule has 156 valence electrons. The molecule has 4 saturated carbocycles. The maximum atomic E-state index is 5.98. The van der Waals surface area contributed by atoms with Gasteiger partial charge in [-0.15, -0.1) is 11.3 Å². The van der Waals surface area contributed by atoms with Gasteiger partial charge < -0.3 is 14.8 Å². The van der Waals surface area contributed by atoms with E-state index in [-0.39, 0.29) is 0 Å². The fourth-order valence-electron chi connectivity index (χ4n) is 6.68. The van der Waals surface area contributed by atoms with Crippen molar-refractivity contribution in [2.45, 2.75) is 64.6 Å². The van der Waals surface area contributed by atoms with Crippen LogP contribution >= 0.6 is 11.3 Å². The Labute approximate surface area is 178 Å². The van der Waals surface area contributed by atoms with Crippen molar-refractivity contribution in [3.8, 4) is 11.5 Å². The third-order valence-corrected chi connectivity index (χ3v) is 8.64. The summed E-state index contributed by atoms with van der Waals surface area (Å²) in [4.78, 5) is 1.22. The third-order valence-electron chi connectivity index (χ3n) is 7.79. The lowest BCUT2D eigenvalue weighted by Crippen LogP contribution is -2.54. The molecule has 0 amide bonds. The third kappa shape index (κ3) is 3.94. The highest BCUT2D eigenvalue weighted by Crippen LogP contribution is 2.61. The lowest BCUT2D eigenvalue weighted by molar-refractivity contribution is -0.0706. The van der Waals surface area contributed by atoms with Gasteiger partial charge in [-0.1, -0.05) is 12.1 Å². The van der Waals surface area contributed by atoms with Gasteiger partial charge in [0.1, 0.15) is 6.61 Å². The summed E-state index contributed by atoms with van der Waals surface area (Å²) in [5.41, 5.74) is 1.81. The first-order chi connectivity index (χ1) is 14.1. The average Bonchev–Trinajstić information content (AvgIpc) is 3.23. The molecule has 0 radical (unpaired) electrons. The molecule has 0 spiro atoms. The zero-order chi connectivity index (χ0) is 19.8. The normalized spacial score (nSPS) is 31.0. The van der Waals surface area contributed by atoms with Crippen LogP contribution in [0.15, 0.2) is 35.7 Å². The van der Waals surface area contributed by atoms with E-state index in [1.807, 2.05) is 0 Å². The molecular formula is C25H33NO2S. The summed E-state index contributed by atoms with van der Waals surface area (Å²) in [7, 11) is 1.72. The molecule has 1 heterocycles. The van der Waals surface area contributed by atoms with Crippen molar-refractivity contribution < 1.29 is 9.47 Å². The highest BCUT2D eigenvalue weighted by atomic mass is 32.1. The second kappa shape index (κ2) is 7.96. The molecule has 4 heteroatoms. The Morgan fingerprint density at radius 2 is 1.79 bits per heavy atom. The van der Waals surface area contributed by atoms with Gasteiger partial charge >= 0.3 is 0 Å². The molecule has 1 atom stereocenters. The summed E-state index contributed by atoms with van der Waals surface area (Å²) in [6, 6.07) is 11.1. The number of hydrogen-bond acceptors (Lipinski definition) is 4. The molecule has 4 aliphatic carbocycles. The zero-order valence-electron chi connectivity index (χ0n) is 17.7. The number of methoxy groups -OCH3 is 1. The van der Waals surface area contributed by atoms with E-state index in [1.54, 1.807) is 18.4 Å². The fraction of sp³-hybridized carbons (Fsp3) is 0.600. The van der Waals surface area contributed by atoms with Crippen LogP contribution in [0.5, 0.6) is 11.5 Å². The molecule has 1 N–H and O–H groups in total. The van der Waals surface area contributed by atoms with Gasteiger partial charge in [0.2, 0.25) is 0 Å². The van der Waals surface area contributed by atoms with Crippen molar-refractivity contribution in [1.29, 1.82) is 0 Å². The van der Waals surface area contributed by atoms with E-state index in [0.29, 0.717) is 18.1 Å². The number of thiophene rings is 1. The smallest absolute Gasteiger partial charge is 0.161 e. The molecule has 0 saturated heterocycles. The fourth-order valence-corrected chi connectivity index (χ4v) is 7.30. The molecule has 1 unspecified atom stereocenters. The molecule has 1 aromatic heterocycles. The van der Waals surface area contributed by atoms with Gasteiger partial charge in [-0.3, -0.25) is 0 Å². The largest absolute Gasteiger partial charge is 0.493 e. The van der Waals surface area contributed by atoms with Gasteiger partial charge in [0.25, 0.3) is 0 Å². The average molecular weight is 412 g/mol. The molecule has 2 aromatic rings. The van der Waals surface area contributed by atoms with Crippen LogP contribution in [0.4, 0.5) is 0 Å². The van der Waals surface area contributed by atoms with Crippen LogP contribution in [0, 0.1) is 23.2 Å². The molecule has 3 nitrogen and oxygen atoms in total. The summed E-state index contributed by atoms with van der Waals surface area (Å²) in [5, 5.41) is 5.97. The summed E-state index contributed by atoms with van der Waals surface area (Å²) in [5.74, 6) is 4.66. The lowest BCUT2D eigenvalue weighted by Gasteiger charge is -2.59. The summed E-state index contributed by atoms with van der Waals surface area (Å²) in [6.45, 7) is 3.92. The first kappa shape index (κ1) is 19.4. The molecule has 4 bridgehead atoms. The maximum absolute atomic E-state index is 5.98. The Kier molecular flexibility index (Phi) is 5.34. The van der Waals surface area contributed by atoms with Crippen molar-refractivity contribution in [2.24, 2.45) is 23.2 Å². The summed E-state index contributed by atoms with van der Waals surface area (Å²) >= 11 is 1.72. The van der Waals surface area contributed by atoms with Gasteiger partial charge in [-0.2, -0.15) is 0 Å². The number of nitrogens with one attached hydrogen (secondary N) is 1.